The maximum absolute atomic E-state index is 12.3. The minimum absolute atomic E-state index is 0.0257. The summed E-state index contributed by atoms with van der Waals surface area (Å²) in [6.45, 7) is 2.64. The van der Waals surface area contributed by atoms with E-state index in [9.17, 15) is 4.79 Å². The third-order valence-corrected chi connectivity index (χ3v) is 5.84. The second-order valence-electron chi connectivity index (χ2n) is 6.39. The van der Waals surface area contributed by atoms with E-state index >= 15 is 0 Å². The first-order chi connectivity index (χ1) is 12.1. The van der Waals surface area contributed by atoms with Gasteiger partial charge in [-0.15, -0.1) is 10.2 Å². The molecular formula is C18H22BrN3O2S. The number of hydrogen-bond acceptors (Lipinski definition) is 5. The molecule has 0 radical (unpaired) electrons. The lowest BCUT2D eigenvalue weighted by atomic mass is 9.89. The van der Waals surface area contributed by atoms with Crippen molar-refractivity contribution < 1.29 is 9.21 Å². The third kappa shape index (κ3) is 5.31. The maximum Gasteiger partial charge on any atom is 0.277 e. The number of amides is 1. The van der Waals surface area contributed by atoms with Gasteiger partial charge in [0, 0.05) is 16.6 Å². The summed E-state index contributed by atoms with van der Waals surface area (Å²) in [5, 5.41) is 11.3. The smallest absolute Gasteiger partial charge is 0.277 e. The summed E-state index contributed by atoms with van der Waals surface area (Å²) in [6.07, 6.45) is 6.34. The van der Waals surface area contributed by atoms with Crippen molar-refractivity contribution in [2.75, 3.05) is 6.54 Å². The summed E-state index contributed by atoms with van der Waals surface area (Å²) >= 11 is 4.72. The van der Waals surface area contributed by atoms with Gasteiger partial charge in [0.1, 0.15) is 0 Å². The van der Waals surface area contributed by atoms with Gasteiger partial charge in [0.15, 0.2) is 0 Å². The normalized spacial score (nSPS) is 16.6. The number of nitrogens with zero attached hydrogens (tertiary/aromatic N) is 2. The Morgan fingerprint density at radius 2 is 2.16 bits per heavy atom. The fourth-order valence-corrected chi connectivity index (χ4v) is 4.09. The number of hydrogen-bond donors (Lipinski definition) is 1. The second kappa shape index (κ2) is 8.85. The summed E-state index contributed by atoms with van der Waals surface area (Å²) in [5.41, 5.74) is 0.850. The summed E-state index contributed by atoms with van der Waals surface area (Å²) in [4.78, 5) is 12.3. The van der Waals surface area contributed by atoms with Crippen LogP contribution in [-0.4, -0.2) is 27.9 Å². The lowest BCUT2D eigenvalue weighted by Gasteiger charge is -2.22. The van der Waals surface area contributed by atoms with Crippen molar-refractivity contribution in [3.8, 4) is 11.5 Å². The molecule has 1 fully saturated rings. The lowest BCUT2D eigenvalue weighted by molar-refractivity contribution is -0.120. The van der Waals surface area contributed by atoms with E-state index in [2.05, 4.69) is 31.4 Å². The van der Waals surface area contributed by atoms with Crippen LogP contribution in [0.3, 0.4) is 0 Å². The molecule has 2 aromatic rings. The van der Waals surface area contributed by atoms with Gasteiger partial charge in [-0.1, -0.05) is 53.0 Å². The van der Waals surface area contributed by atoms with Crippen molar-refractivity contribution in [3.63, 3.8) is 0 Å². The van der Waals surface area contributed by atoms with Crippen LogP contribution in [0, 0.1) is 5.92 Å². The fourth-order valence-electron chi connectivity index (χ4n) is 2.98. The molecule has 0 unspecified atom stereocenters. The molecule has 1 aromatic carbocycles. The molecule has 25 heavy (non-hydrogen) atoms. The minimum atomic E-state index is -0.264. The molecule has 0 bridgehead atoms. The van der Waals surface area contributed by atoms with Gasteiger partial charge < -0.3 is 9.73 Å². The molecule has 1 atom stereocenters. The van der Waals surface area contributed by atoms with Crippen molar-refractivity contribution in [3.05, 3.63) is 28.7 Å². The second-order valence-corrected chi connectivity index (χ2v) is 8.60. The average Bonchev–Trinajstić information content (AvgIpc) is 3.09. The number of nitrogens with one attached hydrogen (secondary N) is 1. The van der Waals surface area contributed by atoms with Crippen LogP contribution in [0.15, 0.2) is 38.4 Å². The molecule has 0 saturated heterocycles. The first-order valence-corrected chi connectivity index (χ1v) is 10.3. The number of benzene rings is 1. The van der Waals surface area contributed by atoms with E-state index in [0.29, 0.717) is 17.0 Å². The monoisotopic (exact) mass is 423 g/mol. The van der Waals surface area contributed by atoms with Gasteiger partial charge in [-0.3, -0.25) is 4.79 Å². The van der Waals surface area contributed by atoms with Gasteiger partial charge in [0.2, 0.25) is 11.8 Å². The average molecular weight is 424 g/mol. The molecule has 7 heteroatoms. The molecule has 1 N–H and O–H groups in total. The van der Waals surface area contributed by atoms with Gasteiger partial charge >= 0.3 is 0 Å². The summed E-state index contributed by atoms with van der Waals surface area (Å²) in [6, 6.07) is 7.68. The maximum atomic E-state index is 12.3. The van der Waals surface area contributed by atoms with Crippen LogP contribution in [0.4, 0.5) is 0 Å². The number of aromatic nitrogens is 2. The highest BCUT2D eigenvalue weighted by Crippen LogP contribution is 2.28. The molecule has 1 aliphatic carbocycles. The quantitative estimate of drug-likeness (QED) is 0.683. The van der Waals surface area contributed by atoms with Crippen molar-refractivity contribution in [1.29, 1.82) is 0 Å². The van der Waals surface area contributed by atoms with Gasteiger partial charge in [-0.05, 0) is 43.9 Å². The molecular weight excluding hydrogens is 402 g/mol. The van der Waals surface area contributed by atoms with Crippen molar-refractivity contribution in [2.45, 2.75) is 49.5 Å². The first-order valence-electron chi connectivity index (χ1n) is 8.65. The van der Waals surface area contributed by atoms with E-state index in [1.54, 1.807) is 0 Å². The number of carbonyl (C=O) groups is 1. The minimum Gasteiger partial charge on any atom is -0.411 e. The Labute approximate surface area is 160 Å². The van der Waals surface area contributed by atoms with Gasteiger partial charge in [0.25, 0.3) is 5.22 Å². The van der Waals surface area contributed by atoms with E-state index in [1.165, 1.54) is 43.9 Å². The molecule has 134 valence electrons. The predicted molar refractivity (Wildman–Crippen MR) is 102 cm³/mol. The van der Waals surface area contributed by atoms with Crippen LogP contribution < -0.4 is 5.32 Å². The molecule has 3 rings (SSSR count). The third-order valence-electron chi connectivity index (χ3n) is 4.41. The molecule has 5 nitrogen and oxygen atoms in total. The van der Waals surface area contributed by atoms with Crippen LogP contribution >= 0.6 is 27.7 Å². The van der Waals surface area contributed by atoms with Crippen LogP contribution in [0.2, 0.25) is 0 Å². The number of thioether (sulfide) groups is 1. The molecule has 1 aliphatic rings. The molecule has 0 spiro atoms. The Morgan fingerprint density at radius 3 is 2.92 bits per heavy atom. The Kier molecular flexibility index (Phi) is 6.53. The summed E-state index contributed by atoms with van der Waals surface area (Å²) in [5.74, 6) is 1.11. The SMILES string of the molecule is C[C@H](Sc1nnc(-c2cccc(Br)c2)o1)C(=O)NCC1CCCCC1. The highest BCUT2D eigenvalue weighted by atomic mass is 79.9. The molecule has 1 saturated carbocycles. The molecule has 1 heterocycles. The van der Waals surface area contributed by atoms with Crippen molar-refractivity contribution >= 4 is 33.6 Å². The Balaban J connectivity index is 1.52. The van der Waals surface area contributed by atoms with Crippen molar-refractivity contribution in [2.24, 2.45) is 5.92 Å². The van der Waals surface area contributed by atoms with Crippen LogP contribution in [0.5, 0.6) is 0 Å². The summed E-state index contributed by atoms with van der Waals surface area (Å²) in [7, 11) is 0. The van der Waals surface area contributed by atoms with E-state index in [0.717, 1.165) is 16.6 Å². The zero-order valence-corrected chi connectivity index (χ0v) is 16.6. The van der Waals surface area contributed by atoms with Gasteiger partial charge in [-0.2, -0.15) is 0 Å². The first kappa shape index (κ1) is 18.5. The van der Waals surface area contributed by atoms with E-state index < -0.39 is 0 Å². The van der Waals surface area contributed by atoms with Gasteiger partial charge in [-0.25, -0.2) is 0 Å². The standard InChI is InChI=1S/C18H22BrN3O2S/c1-12(16(23)20-11-13-6-3-2-4-7-13)25-18-22-21-17(24-18)14-8-5-9-15(19)10-14/h5,8-10,12-13H,2-4,6-7,11H2,1H3,(H,20,23)/t12-/m0/s1. The van der Waals surface area contributed by atoms with E-state index in [-0.39, 0.29) is 11.2 Å². The number of halogens is 1. The highest BCUT2D eigenvalue weighted by Gasteiger charge is 2.20. The zero-order valence-electron chi connectivity index (χ0n) is 14.2. The fraction of sp³-hybridized carbons (Fsp3) is 0.500. The molecule has 1 amide bonds. The number of carbonyl (C=O) groups excluding carboxylic acids is 1. The van der Waals surface area contributed by atoms with E-state index in [4.69, 9.17) is 4.42 Å². The zero-order chi connectivity index (χ0) is 17.6. The highest BCUT2D eigenvalue weighted by molar-refractivity contribution is 9.10. The Morgan fingerprint density at radius 1 is 1.36 bits per heavy atom. The van der Waals surface area contributed by atoms with Crippen LogP contribution in [0.1, 0.15) is 39.0 Å². The molecule has 0 aliphatic heterocycles. The van der Waals surface area contributed by atoms with E-state index in [1.807, 2.05) is 31.2 Å². The topological polar surface area (TPSA) is 68.0 Å². The Bertz CT molecular complexity index is 716. The lowest BCUT2D eigenvalue weighted by Crippen LogP contribution is -2.35. The molecule has 1 aromatic heterocycles. The van der Waals surface area contributed by atoms with Gasteiger partial charge in [0.05, 0.1) is 5.25 Å². The summed E-state index contributed by atoms with van der Waals surface area (Å²) < 4.78 is 6.63. The predicted octanol–water partition coefficient (Wildman–Crippen LogP) is 4.68. The van der Waals surface area contributed by atoms with Crippen LogP contribution in [0.25, 0.3) is 11.5 Å². The largest absolute Gasteiger partial charge is 0.411 e. The van der Waals surface area contributed by atoms with Crippen molar-refractivity contribution in [1.82, 2.24) is 15.5 Å². The Hall–Kier alpha value is -1.34. The van der Waals surface area contributed by atoms with Crippen LogP contribution in [-0.2, 0) is 4.79 Å². The number of rotatable bonds is 6.